The molecule has 5 heteroatoms. The molecule has 144 valence electrons. The number of carbonyl (C=O) groups is 1. The van der Waals surface area contributed by atoms with Gasteiger partial charge in [-0.3, -0.25) is 9.69 Å². The summed E-state index contributed by atoms with van der Waals surface area (Å²) >= 11 is 6.06. The van der Waals surface area contributed by atoms with Gasteiger partial charge in [0.15, 0.2) is 0 Å². The van der Waals surface area contributed by atoms with E-state index < -0.39 is 0 Å². The zero-order valence-corrected chi connectivity index (χ0v) is 17.0. The summed E-state index contributed by atoms with van der Waals surface area (Å²) in [7, 11) is 0. The minimum Gasteiger partial charge on any atom is -0.382 e. The van der Waals surface area contributed by atoms with Crippen molar-refractivity contribution in [2.24, 2.45) is 5.92 Å². The second kappa shape index (κ2) is 8.62. The largest absolute Gasteiger partial charge is 0.382 e. The molecule has 1 aromatic carbocycles. The zero-order chi connectivity index (χ0) is 18.7. The van der Waals surface area contributed by atoms with E-state index in [4.69, 9.17) is 11.6 Å². The van der Waals surface area contributed by atoms with Crippen molar-refractivity contribution in [2.45, 2.75) is 64.6 Å². The number of piperazine rings is 1. The summed E-state index contributed by atoms with van der Waals surface area (Å²) < 4.78 is 0. The Bertz CT molecular complexity index is 613. The van der Waals surface area contributed by atoms with Gasteiger partial charge in [-0.25, -0.2) is 0 Å². The van der Waals surface area contributed by atoms with E-state index in [-0.39, 0.29) is 5.92 Å². The van der Waals surface area contributed by atoms with Crippen molar-refractivity contribution in [3.05, 3.63) is 29.3 Å². The lowest BCUT2D eigenvalue weighted by Crippen LogP contribution is -2.56. The maximum Gasteiger partial charge on any atom is 0.225 e. The molecule has 1 unspecified atom stereocenters. The standard InChI is InChI=1S/C21H32ClN3O/c1-15(2)25-12-11-24(14-16(25)3)21(26)17-7-9-19(10-8-17)23-20-6-4-5-18(22)13-20/h4-6,13,15-17,19,23H,7-12,14H2,1-3H3. The van der Waals surface area contributed by atoms with Gasteiger partial charge in [0, 0.05) is 54.4 Å². The van der Waals surface area contributed by atoms with Gasteiger partial charge in [0.2, 0.25) is 5.91 Å². The quantitative estimate of drug-likeness (QED) is 0.851. The monoisotopic (exact) mass is 377 g/mol. The number of hydrogen-bond donors (Lipinski definition) is 1. The molecule has 0 spiro atoms. The molecule has 2 aliphatic rings. The highest BCUT2D eigenvalue weighted by molar-refractivity contribution is 6.30. The van der Waals surface area contributed by atoms with Crippen LogP contribution in [0.2, 0.25) is 5.02 Å². The van der Waals surface area contributed by atoms with Gasteiger partial charge in [-0.2, -0.15) is 0 Å². The summed E-state index contributed by atoms with van der Waals surface area (Å²) in [5.41, 5.74) is 1.07. The Balaban J connectivity index is 1.48. The van der Waals surface area contributed by atoms with Crippen LogP contribution in [-0.4, -0.2) is 53.5 Å². The first kappa shape index (κ1) is 19.5. The van der Waals surface area contributed by atoms with Gasteiger partial charge in [-0.15, -0.1) is 0 Å². The van der Waals surface area contributed by atoms with Crippen molar-refractivity contribution in [2.75, 3.05) is 25.0 Å². The van der Waals surface area contributed by atoms with Gasteiger partial charge in [0.1, 0.15) is 0 Å². The molecular weight excluding hydrogens is 346 g/mol. The molecule has 0 bridgehead atoms. The van der Waals surface area contributed by atoms with E-state index in [1.165, 1.54) is 0 Å². The average molecular weight is 378 g/mol. The van der Waals surface area contributed by atoms with Gasteiger partial charge >= 0.3 is 0 Å². The van der Waals surface area contributed by atoms with Crippen LogP contribution in [0.5, 0.6) is 0 Å². The van der Waals surface area contributed by atoms with Crippen LogP contribution in [0.1, 0.15) is 46.5 Å². The number of carbonyl (C=O) groups excluding carboxylic acids is 1. The van der Waals surface area contributed by atoms with Gasteiger partial charge in [-0.05, 0) is 64.7 Å². The smallest absolute Gasteiger partial charge is 0.225 e. The Morgan fingerprint density at radius 2 is 1.92 bits per heavy atom. The summed E-state index contributed by atoms with van der Waals surface area (Å²) in [6.07, 6.45) is 4.06. The predicted octanol–water partition coefficient (Wildman–Crippen LogP) is 4.25. The Kier molecular flexibility index (Phi) is 6.46. The van der Waals surface area contributed by atoms with Crippen molar-refractivity contribution in [3.63, 3.8) is 0 Å². The molecule has 1 aliphatic heterocycles. The van der Waals surface area contributed by atoms with Gasteiger partial charge in [0.25, 0.3) is 0 Å². The minimum absolute atomic E-state index is 0.199. The second-order valence-electron chi connectivity index (χ2n) is 8.17. The van der Waals surface area contributed by atoms with E-state index in [9.17, 15) is 4.79 Å². The molecular formula is C21H32ClN3O. The van der Waals surface area contributed by atoms with Crippen LogP contribution in [-0.2, 0) is 4.79 Å². The molecule has 1 aliphatic carbocycles. The maximum absolute atomic E-state index is 13.0. The van der Waals surface area contributed by atoms with Crippen LogP contribution in [0.25, 0.3) is 0 Å². The van der Waals surface area contributed by atoms with E-state index in [1.807, 2.05) is 18.2 Å². The van der Waals surface area contributed by atoms with Crippen LogP contribution in [0, 0.1) is 5.92 Å². The van der Waals surface area contributed by atoms with Crippen LogP contribution >= 0.6 is 11.6 Å². The van der Waals surface area contributed by atoms with Gasteiger partial charge in [0.05, 0.1) is 0 Å². The van der Waals surface area contributed by atoms with E-state index in [0.29, 0.717) is 24.0 Å². The van der Waals surface area contributed by atoms with Crippen molar-refractivity contribution < 1.29 is 4.79 Å². The van der Waals surface area contributed by atoms with Crippen molar-refractivity contribution in [3.8, 4) is 0 Å². The molecule has 2 fully saturated rings. The molecule has 4 nitrogen and oxygen atoms in total. The fraction of sp³-hybridized carbons (Fsp3) is 0.667. The first-order valence-electron chi connectivity index (χ1n) is 10.0. The third kappa shape index (κ3) is 4.72. The van der Waals surface area contributed by atoms with E-state index in [1.54, 1.807) is 0 Å². The normalized spacial score (nSPS) is 27.6. The molecule has 1 aromatic rings. The number of amides is 1. The third-order valence-corrected chi connectivity index (χ3v) is 6.16. The molecule has 0 aromatic heterocycles. The lowest BCUT2D eigenvalue weighted by atomic mass is 9.84. The Morgan fingerprint density at radius 1 is 1.19 bits per heavy atom. The fourth-order valence-electron chi connectivity index (χ4n) is 4.50. The van der Waals surface area contributed by atoms with Crippen molar-refractivity contribution >= 4 is 23.2 Å². The van der Waals surface area contributed by atoms with Gasteiger partial charge in [-0.1, -0.05) is 17.7 Å². The average Bonchev–Trinajstić information content (AvgIpc) is 2.61. The Labute approximate surface area is 162 Å². The summed E-state index contributed by atoms with van der Waals surface area (Å²) in [4.78, 5) is 17.6. The molecule has 1 N–H and O–H groups in total. The number of benzene rings is 1. The summed E-state index contributed by atoms with van der Waals surface area (Å²) in [5, 5.41) is 4.33. The van der Waals surface area contributed by atoms with Crippen LogP contribution in [0.15, 0.2) is 24.3 Å². The number of anilines is 1. The van der Waals surface area contributed by atoms with Crippen molar-refractivity contribution in [1.29, 1.82) is 0 Å². The molecule has 1 atom stereocenters. The SMILES string of the molecule is CC(C)N1CCN(C(=O)C2CCC(Nc3cccc(Cl)c3)CC2)CC1C. The molecule has 1 saturated carbocycles. The minimum atomic E-state index is 0.199. The van der Waals surface area contributed by atoms with E-state index >= 15 is 0 Å². The van der Waals surface area contributed by atoms with Crippen LogP contribution < -0.4 is 5.32 Å². The number of hydrogen-bond acceptors (Lipinski definition) is 3. The highest BCUT2D eigenvalue weighted by Crippen LogP contribution is 2.29. The van der Waals surface area contributed by atoms with Crippen LogP contribution in [0.3, 0.4) is 0 Å². The van der Waals surface area contributed by atoms with Gasteiger partial charge < -0.3 is 10.2 Å². The second-order valence-corrected chi connectivity index (χ2v) is 8.60. The molecule has 26 heavy (non-hydrogen) atoms. The number of rotatable bonds is 4. The zero-order valence-electron chi connectivity index (χ0n) is 16.2. The number of halogens is 1. The number of nitrogens with one attached hydrogen (secondary N) is 1. The molecule has 1 saturated heterocycles. The first-order valence-corrected chi connectivity index (χ1v) is 10.4. The highest BCUT2D eigenvalue weighted by Gasteiger charge is 2.33. The lowest BCUT2D eigenvalue weighted by Gasteiger charge is -2.43. The molecule has 1 heterocycles. The fourth-order valence-corrected chi connectivity index (χ4v) is 4.69. The molecule has 1 amide bonds. The van der Waals surface area contributed by atoms with Crippen molar-refractivity contribution in [1.82, 2.24) is 9.80 Å². The predicted molar refractivity (Wildman–Crippen MR) is 109 cm³/mol. The summed E-state index contributed by atoms with van der Waals surface area (Å²) in [5.74, 6) is 0.576. The van der Waals surface area contributed by atoms with E-state index in [2.05, 4.69) is 42.0 Å². The number of nitrogens with zero attached hydrogens (tertiary/aromatic N) is 2. The molecule has 0 radical (unpaired) electrons. The third-order valence-electron chi connectivity index (χ3n) is 5.93. The van der Waals surface area contributed by atoms with E-state index in [0.717, 1.165) is 56.0 Å². The highest BCUT2D eigenvalue weighted by atomic mass is 35.5. The molecule has 3 rings (SSSR count). The summed E-state index contributed by atoms with van der Waals surface area (Å²) in [6.45, 7) is 9.46. The topological polar surface area (TPSA) is 35.6 Å². The van der Waals surface area contributed by atoms with Crippen LogP contribution in [0.4, 0.5) is 5.69 Å². The lowest BCUT2D eigenvalue weighted by molar-refractivity contribution is -0.139. The maximum atomic E-state index is 13.0. The Morgan fingerprint density at radius 3 is 2.54 bits per heavy atom. The summed E-state index contributed by atoms with van der Waals surface area (Å²) in [6, 6.07) is 9.32. The first-order chi connectivity index (χ1) is 12.4. The Hall–Kier alpha value is -1.26.